The molecule has 6 aromatic rings. The highest BCUT2D eigenvalue weighted by atomic mass is 35.5. The van der Waals surface area contributed by atoms with Crippen molar-refractivity contribution in [1.29, 1.82) is 0 Å². The minimum absolute atomic E-state index is 0.0210. The molecule has 0 spiro atoms. The van der Waals surface area contributed by atoms with E-state index in [1.807, 2.05) is 32.3 Å². The van der Waals surface area contributed by atoms with Gasteiger partial charge in [-0.05, 0) is 96.4 Å². The smallest absolute Gasteiger partial charge is 0.343 e. The molecule has 4 aromatic carbocycles. The van der Waals surface area contributed by atoms with E-state index in [0.717, 1.165) is 0 Å². The van der Waals surface area contributed by atoms with Gasteiger partial charge in [0.1, 0.15) is 28.8 Å². The SMILES string of the molecule is CCOC(=O)c1cn([C@H](CO[Si](C)(C)C(C)(C)C)C(C)C)c2cc(F)c(Cc3cccc(Cl)c3F)cc2c1=O.COc1cc2c(cc1Cc1cccc(Cl)c1F)c(=O)c(C)cn2[C@H](CO)C(C)C. The first-order valence-corrected chi connectivity index (χ1v) is 26.4. The lowest BCUT2D eigenvalue weighted by molar-refractivity contribution is 0.0523. The van der Waals surface area contributed by atoms with Gasteiger partial charge in [0.25, 0.3) is 0 Å². The number of hydrogen-bond donors (Lipinski definition) is 1. The molecule has 0 bridgehead atoms. The summed E-state index contributed by atoms with van der Waals surface area (Å²) in [5.74, 6) is -1.72. The van der Waals surface area contributed by atoms with Crippen molar-refractivity contribution in [1.82, 2.24) is 9.13 Å². The fraction of sp³-hybridized carbons (Fsp3) is 0.415. The maximum atomic E-state index is 15.5. The number of rotatable bonds is 15. The van der Waals surface area contributed by atoms with Crippen molar-refractivity contribution in [2.45, 2.75) is 105 Å². The molecule has 0 radical (unpaired) electrons. The number of carbonyl (C=O) groups excluding carboxylic acids is 1. The highest BCUT2D eigenvalue weighted by Crippen LogP contribution is 2.38. The number of aliphatic hydroxyl groups excluding tert-OH is 1. The van der Waals surface area contributed by atoms with E-state index in [1.54, 1.807) is 62.1 Å². The Morgan fingerprint density at radius 2 is 1.28 bits per heavy atom. The molecule has 0 unspecified atom stereocenters. The monoisotopic (exact) mass is 994 g/mol. The third kappa shape index (κ3) is 11.7. The molecule has 0 aliphatic rings. The second kappa shape index (κ2) is 22.2. The lowest BCUT2D eigenvalue weighted by atomic mass is 9.98. The van der Waals surface area contributed by atoms with Gasteiger partial charge in [-0.3, -0.25) is 9.59 Å². The molecule has 0 aliphatic heterocycles. The normalized spacial score (nSPS) is 12.9. The van der Waals surface area contributed by atoms with E-state index in [1.165, 1.54) is 36.5 Å². The topological polar surface area (TPSA) is 109 Å². The molecule has 2 heterocycles. The average Bonchev–Trinajstić information content (AvgIpc) is 3.26. The van der Waals surface area contributed by atoms with E-state index in [0.29, 0.717) is 45.5 Å². The maximum Gasteiger partial charge on any atom is 0.343 e. The molecular formula is C53H63Cl2F3N2O7Si. The second-order valence-electron chi connectivity index (χ2n) is 19.3. The molecule has 6 rings (SSSR count). The van der Waals surface area contributed by atoms with E-state index in [9.17, 15) is 28.3 Å². The van der Waals surface area contributed by atoms with Gasteiger partial charge in [-0.2, -0.15) is 0 Å². The van der Waals surface area contributed by atoms with Crippen LogP contribution in [0.2, 0.25) is 28.2 Å². The minimum Gasteiger partial charge on any atom is -0.496 e. The van der Waals surface area contributed by atoms with Crippen molar-refractivity contribution in [2.24, 2.45) is 11.8 Å². The number of methoxy groups -OCH3 is 1. The number of hydrogen-bond acceptors (Lipinski definition) is 7. The van der Waals surface area contributed by atoms with Gasteiger partial charge < -0.3 is 28.1 Å². The molecule has 68 heavy (non-hydrogen) atoms. The highest BCUT2D eigenvalue weighted by molar-refractivity contribution is 6.74. The second-order valence-corrected chi connectivity index (χ2v) is 25.0. The Morgan fingerprint density at radius 3 is 1.79 bits per heavy atom. The molecule has 2 aromatic heterocycles. The Bertz CT molecular complexity index is 2930. The molecular weight excluding hydrogens is 933 g/mol. The van der Waals surface area contributed by atoms with Gasteiger partial charge >= 0.3 is 5.97 Å². The zero-order valence-electron chi connectivity index (χ0n) is 41.0. The molecule has 0 aliphatic carbocycles. The zero-order chi connectivity index (χ0) is 50.6. The van der Waals surface area contributed by atoms with Crippen LogP contribution < -0.4 is 15.6 Å². The van der Waals surface area contributed by atoms with E-state index in [2.05, 4.69) is 33.9 Å². The van der Waals surface area contributed by atoms with Gasteiger partial charge in [-0.25, -0.2) is 18.0 Å². The molecule has 9 nitrogen and oxygen atoms in total. The van der Waals surface area contributed by atoms with Crippen LogP contribution in [-0.2, 0) is 22.0 Å². The Kier molecular flexibility index (Phi) is 17.7. The van der Waals surface area contributed by atoms with Gasteiger partial charge in [-0.1, -0.05) is 95.9 Å². The summed E-state index contributed by atoms with van der Waals surface area (Å²) in [6, 6.07) is 15.1. The van der Waals surface area contributed by atoms with Crippen molar-refractivity contribution in [3.05, 3.63) is 154 Å². The fourth-order valence-electron chi connectivity index (χ4n) is 7.85. The van der Waals surface area contributed by atoms with E-state index < -0.39 is 37.2 Å². The molecule has 1 N–H and O–H groups in total. The first-order valence-electron chi connectivity index (χ1n) is 22.7. The van der Waals surface area contributed by atoms with Crippen molar-refractivity contribution < 1.29 is 37.0 Å². The molecule has 0 saturated carbocycles. The number of pyridine rings is 2. The maximum absolute atomic E-state index is 15.5. The molecule has 15 heteroatoms. The van der Waals surface area contributed by atoms with Crippen molar-refractivity contribution in [3.8, 4) is 5.75 Å². The number of halogens is 5. The highest BCUT2D eigenvalue weighted by Gasteiger charge is 2.38. The van der Waals surface area contributed by atoms with Crippen molar-refractivity contribution >= 4 is 59.3 Å². The Hall–Kier alpha value is -4.92. The summed E-state index contributed by atoms with van der Waals surface area (Å²) < 4.78 is 65.5. The largest absolute Gasteiger partial charge is 0.496 e. The predicted octanol–water partition coefficient (Wildman–Crippen LogP) is 12.8. The lowest BCUT2D eigenvalue weighted by Crippen LogP contribution is -2.42. The van der Waals surface area contributed by atoms with E-state index in [-0.39, 0.29) is 92.6 Å². The summed E-state index contributed by atoms with van der Waals surface area (Å²) in [5, 5.41) is 10.6. The van der Waals surface area contributed by atoms with Crippen LogP contribution in [0.15, 0.2) is 82.6 Å². The molecule has 0 saturated heterocycles. The van der Waals surface area contributed by atoms with Crippen LogP contribution in [-0.4, -0.2) is 55.5 Å². The summed E-state index contributed by atoms with van der Waals surface area (Å²) in [6.45, 7) is 22.6. The first kappa shape index (κ1) is 54.0. The van der Waals surface area contributed by atoms with Crippen molar-refractivity contribution in [2.75, 3.05) is 26.9 Å². The van der Waals surface area contributed by atoms with Crippen LogP contribution in [0.1, 0.15) is 106 Å². The molecule has 366 valence electrons. The lowest BCUT2D eigenvalue weighted by Gasteiger charge is -2.38. The summed E-state index contributed by atoms with van der Waals surface area (Å²) in [5.41, 5.74) is 2.23. The Labute approximate surface area is 407 Å². The number of ether oxygens (including phenoxy) is 2. The van der Waals surface area contributed by atoms with Gasteiger partial charge in [0.15, 0.2) is 13.7 Å². The van der Waals surface area contributed by atoms with Gasteiger partial charge in [0.05, 0.1) is 60.1 Å². The van der Waals surface area contributed by atoms with E-state index in [4.69, 9.17) is 37.1 Å². The Morgan fingerprint density at radius 1 is 0.765 bits per heavy atom. The standard InChI is InChI=1S/C30H38ClF2NO4Si.C23H25ClFNO3/c1-9-37-29(36)22-16-34(26(18(2)3)17-38-39(7,8)30(4,5)6)25-15-24(32)20(14-21(25)28(22)35)13-19-11-10-12-23(31)27(19)33;1-13(2)20(12-27)26-11-14(3)23(28)17-9-16(21(29-4)10-19(17)26)8-15-6-5-7-18(24)22(15)25/h10-12,14-16,18,26H,9,13,17H2,1-8H3;5-7,9-11,13,20,27H,8,12H2,1-4H3/t26-;20-/m11/s1. The predicted molar refractivity (Wildman–Crippen MR) is 270 cm³/mol. The van der Waals surface area contributed by atoms with E-state index >= 15 is 4.39 Å². The number of nitrogens with zero attached hydrogens (tertiary/aromatic N) is 2. The number of aromatic nitrogens is 2. The quantitative estimate of drug-likeness (QED) is 0.0806. The third-order valence-electron chi connectivity index (χ3n) is 13.0. The first-order chi connectivity index (χ1) is 31.9. The molecule has 0 amide bonds. The van der Waals surface area contributed by atoms with Crippen LogP contribution >= 0.6 is 23.2 Å². The van der Waals surface area contributed by atoms with Crippen LogP contribution in [0, 0.1) is 36.2 Å². The van der Waals surface area contributed by atoms with Crippen LogP contribution in [0.25, 0.3) is 21.8 Å². The Balaban J connectivity index is 0.000000265. The van der Waals surface area contributed by atoms with Gasteiger partial charge in [0, 0.05) is 47.6 Å². The molecule has 2 atom stereocenters. The number of aryl methyl sites for hydroxylation is 1. The van der Waals surface area contributed by atoms with Gasteiger partial charge in [0.2, 0.25) is 5.43 Å². The van der Waals surface area contributed by atoms with Crippen LogP contribution in [0.3, 0.4) is 0 Å². The van der Waals surface area contributed by atoms with Crippen LogP contribution in [0.5, 0.6) is 5.75 Å². The summed E-state index contributed by atoms with van der Waals surface area (Å²) >= 11 is 11.8. The number of aliphatic hydroxyl groups is 1. The number of benzene rings is 4. The van der Waals surface area contributed by atoms with Crippen LogP contribution in [0.4, 0.5) is 13.2 Å². The van der Waals surface area contributed by atoms with Crippen molar-refractivity contribution in [3.63, 3.8) is 0 Å². The minimum atomic E-state index is -2.13. The van der Waals surface area contributed by atoms with Gasteiger partial charge in [-0.15, -0.1) is 0 Å². The summed E-state index contributed by atoms with van der Waals surface area (Å²) in [7, 11) is -0.590. The number of carbonyl (C=O) groups is 1. The number of fused-ring (bicyclic) bond motifs is 2. The zero-order valence-corrected chi connectivity index (χ0v) is 43.5. The average molecular weight is 996 g/mol. The fourth-order valence-corrected chi connectivity index (χ4v) is 9.25. The summed E-state index contributed by atoms with van der Waals surface area (Å²) in [4.78, 5) is 39.2. The number of esters is 1. The summed E-state index contributed by atoms with van der Waals surface area (Å²) in [6.07, 6.45) is 3.37. The third-order valence-corrected chi connectivity index (χ3v) is 18.1. The molecule has 0 fully saturated rings.